The van der Waals surface area contributed by atoms with Gasteiger partial charge in [0.15, 0.2) is 0 Å². The molecule has 3 atom stereocenters. The van der Waals surface area contributed by atoms with Crippen molar-refractivity contribution in [3.63, 3.8) is 0 Å². The fourth-order valence-electron chi connectivity index (χ4n) is 2.71. The van der Waals surface area contributed by atoms with Crippen molar-refractivity contribution in [3.05, 3.63) is 24.8 Å². The molecule has 0 aliphatic carbocycles. The van der Waals surface area contributed by atoms with Crippen LogP contribution in [0.15, 0.2) is 24.8 Å². The third-order valence-electron chi connectivity index (χ3n) is 4.45. The van der Waals surface area contributed by atoms with E-state index >= 15 is 0 Å². The molecule has 0 aromatic rings. The van der Waals surface area contributed by atoms with Crippen molar-refractivity contribution in [2.24, 2.45) is 17.8 Å². The molecule has 0 saturated carbocycles. The maximum atomic E-state index is 3.80. The van der Waals surface area contributed by atoms with Gasteiger partial charge in [-0.2, -0.15) is 0 Å². The van der Waals surface area contributed by atoms with Gasteiger partial charge in [-0.25, -0.2) is 0 Å². The van der Waals surface area contributed by atoms with Crippen LogP contribution in [0.1, 0.15) is 79.1 Å². The van der Waals surface area contributed by atoms with Crippen LogP contribution in [-0.2, 0) is 0 Å². The van der Waals surface area contributed by atoms with E-state index in [2.05, 4.69) is 46.4 Å². The van der Waals surface area contributed by atoms with E-state index < -0.39 is 0 Å². The highest BCUT2D eigenvalue weighted by Gasteiger charge is 2.15. The highest BCUT2D eigenvalue weighted by molar-refractivity contribution is 4.87. The Labute approximate surface area is 122 Å². The quantitative estimate of drug-likeness (QED) is 0.269. The second kappa shape index (κ2) is 12.5. The molecule has 0 amide bonds. The average Bonchev–Trinajstić information content (AvgIpc) is 2.41. The molecule has 0 bridgehead atoms. The SMILES string of the molecule is C=CCCCCCC(CCC(C)CC)C(C)C=CC. The van der Waals surface area contributed by atoms with E-state index in [1.807, 2.05) is 6.08 Å². The minimum atomic E-state index is 0.744. The van der Waals surface area contributed by atoms with Crippen molar-refractivity contribution in [1.29, 1.82) is 0 Å². The Hall–Kier alpha value is -0.520. The lowest BCUT2D eigenvalue weighted by Crippen LogP contribution is -2.11. The summed E-state index contributed by atoms with van der Waals surface area (Å²) in [6.07, 6.45) is 17.4. The van der Waals surface area contributed by atoms with Crippen LogP contribution in [0.4, 0.5) is 0 Å². The maximum absolute atomic E-state index is 3.80. The minimum absolute atomic E-state index is 0.744. The van der Waals surface area contributed by atoms with E-state index in [4.69, 9.17) is 0 Å². The summed E-state index contributed by atoms with van der Waals surface area (Å²) in [5.74, 6) is 2.52. The predicted molar refractivity (Wildman–Crippen MR) is 89.4 cm³/mol. The number of hydrogen-bond acceptors (Lipinski definition) is 0. The summed E-state index contributed by atoms with van der Waals surface area (Å²) in [6.45, 7) is 13.0. The molecule has 0 nitrogen and oxygen atoms in total. The zero-order chi connectivity index (χ0) is 14.5. The molecular weight excluding hydrogens is 228 g/mol. The molecule has 0 fully saturated rings. The topological polar surface area (TPSA) is 0 Å². The second-order valence-electron chi connectivity index (χ2n) is 6.16. The highest BCUT2D eigenvalue weighted by atomic mass is 14.2. The van der Waals surface area contributed by atoms with Gasteiger partial charge in [0.25, 0.3) is 0 Å². The summed E-state index contributed by atoms with van der Waals surface area (Å²) >= 11 is 0. The molecule has 0 heterocycles. The summed E-state index contributed by atoms with van der Waals surface area (Å²) in [6, 6.07) is 0. The molecule has 19 heavy (non-hydrogen) atoms. The van der Waals surface area contributed by atoms with Crippen LogP contribution in [0.5, 0.6) is 0 Å². The summed E-state index contributed by atoms with van der Waals surface area (Å²) in [4.78, 5) is 0. The Bertz CT molecular complexity index is 226. The van der Waals surface area contributed by atoms with Gasteiger partial charge in [0.05, 0.1) is 0 Å². The number of hydrogen-bond donors (Lipinski definition) is 0. The molecule has 3 unspecified atom stereocenters. The smallest absolute Gasteiger partial charge is 0.0234 e. The molecule has 0 N–H and O–H groups in total. The second-order valence-corrected chi connectivity index (χ2v) is 6.16. The van der Waals surface area contributed by atoms with Crippen LogP contribution in [0.2, 0.25) is 0 Å². The summed E-state index contributed by atoms with van der Waals surface area (Å²) in [7, 11) is 0. The first-order valence-electron chi connectivity index (χ1n) is 8.39. The van der Waals surface area contributed by atoms with Gasteiger partial charge >= 0.3 is 0 Å². The molecule has 0 spiro atoms. The number of unbranched alkanes of at least 4 members (excludes halogenated alkanes) is 3. The Balaban J connectivity index is 4.06. The van der Waals surface area contributed by atoms with Crippen LogP contribution in [0, 0.1) is 17.8 Å². The van der Waals surface area contributed by atoms with Crippen molar-refractivity contribution in [1.82, 2.24) is 0 Å². The van der Waals surface area contributed by atoms with Crippen LogP contribution in [0.3, 0.4) is 0 Å². The van der Waals surface area contributed by atoms with Crippen molar-refractivity contribution in [2.45, 2.75) is 79.1 Å². The monoisotopic (exact) mass is 264 g/mol. The largest absolute Gasteiger partial charge is 0.103 e. The van der Waals surface area contributed by atoms with E-state index in [0.29, 0.717) is 0 Å². The van der Waals surface area contributed by atoms with Crippen LogP contribution in [0.25, 0.3) is 0 Å². The highest BCUT2D eigenvalue weighted by Crippen LogP contribution is 2.27. The maximum Gasteiger partial charge on any atom is -0.0234 e. The van der Waals surface area contributed by atoms with Crippen molar-refractivity contribution in [2.75, 3.05) is 0 Å². The standard InChI is InChI=1S/C19H36/c1-6-9-10-11-12-14-19(18(5)13-7-2)16-15-17(4)8-3/h6-7,13,17-19H,1,8-12,14-16H2,2-5H3. The minimum Gasteiger partial charge on any atom is -0.103 e. The van der Waals surface area contributed by atoms with Crippen LogP contribution >= 0.6 is 0 Å². The average molecular weight is 264 g/mol. The molecule has 112 valence electrons. The third kappa shape index (κ3) is 9.99. The van der Waals surface area contributed by atoms with Gasteiger partial charge in [0.1, 0.15) is 0 Å². The molecule has 0 aliphatic rings. The first-order valence-corrected chi connectivity index (χ1v) is 8.39. The molecule has 0 saturated heterocycles. The van der Waals surface area contributed by atoms with Gasteiger partial charge in [-0.05, 0) is 50.4 Å². The fourth-order valence-corrected chi connectivity index (χ4v) is 2.71. The van der Waals surface area contributed by atoms with E-state index in [-0.39, 0.29) is 0 Å². The van der Waals surface area contributed by atoms with Gasteiger partial charge in [0, 0.05) is 0 Å². The Kier molecular flexibility index (Phi) is 12.2. The number of allylic oxidation sites excluding steroid dienone is 3. The Morgan fingerprint density at radius 2 is 1.74 bits per heavy atom. The van der Waals surface area contributed by atoms with Gasteiger partial charge in [-0.1, -0.05) is 64.7 Å². The van der Waals surface area contributed by atoms with Crippen molar-refractivity contribution >= 4 is 0 Å². The third-order valence-corrected chi connectivity index (χ3v) is 4.45. The first kappa shape index (κ1) is 18.5. The first-order chi connectivity index (χ1) is 9.15. The molecule has 0 aliphatic heterocycles. The molecule has 0 rings (SSSR count). The lowest BCUT2D eigenvalue weighted by atomic mass is 9.83. The van der Waals surface area contributed by atoms with E-state index in [0.717, 1.165) is 17.8 Å². The molecule has 0 heteroatoms. The molecule has 0 aromatic carbocycles. The summed E-state index contributed by atoms with van der Waals surface area (Å²) in [5.41, 5.74) is 0. The lowest BCUT2D eigenvalue weighted by molar-refractivity contribution is 0.317. The fraction of sp³-hybridized carbons (Fsp3) is 0.789. The van der Waals surface area contributed by atoms with Crippen molar-refractivity contribution in [3.8, 4) is 0 Å². The number of rotatable bonds is 12. The summed E-state index contributed by atoms with van der Waals surface area (Å²) in [5, 5.41) is 0. The Morgan fingerprint density at radius 3 is 2.32 bits per heavy atom. The summed E-state index contributed by atoms with van der Waals surface area (Å²) < 4.78 is 0. The van der Waals surface area contributed by atoms with Crippen LogP contribution in [-0.4, -0.2) is 0 Å². The zero-order valence-corrected chi connectivity index (χ0v) is 13.8. The van der Waals surface area contributed by atoms with Gasteiger partial charge in [-0.15, -0.1) is 6.58 Å². The van der Waals surface area contributed by atoms with Gasteiger partial charge in [-0.3, -0.25) is 0 Å². The Morgan fingerprint density at radius 1 is 1.00 bits per heavy atom. The van der Waals surface area contributed by atoms with Crippen molar-refractivity contribution < 1.29 is 0 Å². The van der Waals surface area contributed by atoms with Gasteiger partial charge in [0.2, 0.25) is 0 Å². The zero-order valence-electron chi connectivity index (χ0n) is 13.8. The molecule has 0 radical (unpaired) electrons. The normalized spacial score (nSPS) is 16.4. The lowest BCUT2D eigenvalue weighted by Gasteiger charge is -2.23. The van der Waals surface area contributed by atoms with Crippen LogP contribution < -0.4 is 0 Å². The van der Waals surface area contributed by atoms with E-state index in [1.54, 1.807) is 0 Å². The van der Waals surface area contributed by atoms with E-state index in [9.17, 15) is 0 Å². The van der Waals surface area contributed by atoms with Gasteiger partial charge < -0.3 is 0 Å². The van der Waals surface area contributed by atoms with E-state index in [1.165, 1.54) is 51.4 Å². The molecular formula is C19H36. The molecule has 0 aromatic heterocycles. The predicted octanol–water partition coefficient (Wildman–Crippen LogP) is 6.78.